The number of amides is 1. The molecule has 0 saturated heterocycles. The lowest BCUT2D eigenvalue weighted by Gasteiger charge is -2.10. The predicted molar refractivity (Wildman–Crippen MR) is 107 cm³/mol. The molecule has 0 aliphatic heterocycles. The molecule has 6 nitrogen and oxygen atoms in total. The minimum atomic E-state index is -0.441. The number of nitrogens with one attached hydrogen (secondary N) is 3. The van der Waals surface area contributed by atoms with Crippen molar-refractivity contribution in [3.05, 3.63) is 64.3 Å². The monoisotopic (exact) mass is 433 g/mol. The van der Waals surface area contributed by atoms with Gasteiger partial charge in [0.2, 0.25) is 0 Å². The third kappa shape index (κ3) is 4.33. The van der Waals surface area contributed by atoms with E-state index in [1.807, 2.05) is 36.4 Å². The number of rotatable bonds is 4. The van der Waals surface area contributed by atoms with Gasteiger partial charge < -0.3 is 14.5 Å². The molecule has 1 aromatic heterocycles. The predicted octanol–water partition coefficient (Wildman–Crippen LogP) is 3.51. The van der Waals surface area contributed by atoms with Gasteiger partial charge in [-0.3, -0.25) is 15.6 Å². The molecule has 1 heterocycles. The molecule has 134 valence electrons. The summed E-state index contributed by atoms with van der Waals surface area (Å²) in [4.78, 5) is 12.3. The molecule has 3 rings (SSSR count). The Hall–Kier alpha value is -2.58. The average molecular weight is 434 g/mol. The minimum absolute atomic E-state index is 0.148. The summed E-state index contributed by atoms with van der Waals surface area (Å²) in [6, 6.07) is 15.1. The fourth-order valence-corrected chi connectivity index (χ4v) is 2.92. The van der Waals surface area contributed by atoms with Crippen LogP contribution < -0.4 is 20.9 Å². The summed E-state index contributed by atoms with van der Waals surface area (Å²) in [5.74, 6) is 0.249. The summed E-state index contributed by atoms with van der Waals surface area (Å²) < 4.78 is 11.7. The van der Waals surface area contributed by atoms with E-state index in [0.29, 0.717) is 23.0 Å². The van der Waals surface area contributed by atoms with E-state index in [9.17, 15) is 4.79 Å². The fraction of sp³-hybridized carbons (Fsp3) is 0.111. The van der Waals surface area contributed by atoms with E-state index < -0.39 is 5.91 Å². The van der Waals surface area contributed by atoms with Crippen LogP contribution in [-0.2, 0) is 6.54 Å². The Bertz CT molecular complexity index is 944. The number of halogens is 1. The smallest absolute Gasteiger partial charge is 0.305 e. The highest BCUT2D eigenvalue weighted by Crippen LogP contribution is 2.32. The van der Waals surface area contributed by atoms with Gasteiger partial charge in [-0.15, -0.1) is 0 Å². The SMILES string of the molecule is COc1cc(Br)cc2cc(C(=O)NNC(=S)NCc3ccccc3)oc12. The number of ether oxygens (including phenoxy) is 1. The lowest BCUT2D eigenvalue weighted by molar-refractivity contribution is 0.0918. The number of thiocarbonyl (C=S) groups is 1. The Labute approximate surface area is 164 Å². The number of furan rings is 1. The molecule has 8 heteroatoms. The number of hydrogen-bond donors (Lipinski definition) is 3. The zero-order valence-corrected chi connectivity index (χ0v) is 16.2. The summed E-state index contributed by atoms with van der Waals surface area (Å²) in [5.41, 5.74) is 6.75. The summed E-state index contributed by atoms with van der Waals surface area (Å²) in [7, 11) is 1.54. The van der Waals surface area contributed by atoms with E-state index in [1.54, 1.807) is 19.2 Å². The quantitative estimate of drug-likeness (QED) is 0.431. The molecule has 2 aromatic carbocycles. The molecule has 3 aromatic rings. The number of hydrazine groups is 1. The zero-order chi connectivity index (χ0) is 18.5. The normalized spacial score (nSPS) is 10.4. The van der Waals surface area contributed by atoms with E-state index in [4.69, 9.17) is 21.4 Å². The lowest BCUT2D eigenvalue weighted by Crippen LogP contribution is -2.46. The van der Waals surface area contributed by atoms with Crippen LogP contribution >= 0.6 is 28.1 Å². The highest BCUT2D eigenvalue weighted by atomic mass is 79.9. The van der Waals surface area contributed by atoms with E-state index in [-0.39, 0.29) is 5.76 Å². The van der Waals surface area contributed by atoms with Gasteiger partial charge >= 0.3 is 5.91 Å². The largest absolute Gasteiger partial charge is 0.493 e. The number of fused-ring (bicyclic) bond motifs is 1. The maximum atomic E-state index is 12.3. The standard InChI is InChI=1S/C18H16BrN3O3S/c1-24-14-9-13(19)7-12-8-15(25-16(12)14)17(23)21-22-18(26)20-10-11-5-3-2-4-6-11/h2-9H,10H2,1H3,(H,21,23)(H2,20,22,26). The first kappa shape index (κ1) is 18.2. The molecule has 0 radical (unpaired) electrons. The van der Waals surface area contributed by atoms with E-state index in [2.05, 4.69) is 32.1 Å². The average Bonchev–Trinajstić information content (AvgIpc) is 3.08. The Morgan fingerprint density at radius 2 is 1.96 bits per heavy atom. The first-order valence-corrected chi connectivity index (χ1v) is 8.92. The van der Waals surface area contributed by atoms with Crippen molar-refractivity contribution in [1.29, 1.82) is 0 Å². The molecule has 0 spiro atoms. The Morgan fingerprint density at radius 3 is 2.69 bits per heavy atom. The second-order valence-electron chi connectivity index (χ2n) is 5.38. The highest BCUT2D eigenvalue weighted by molar-refractivity contribution is 9.10. The van der Waals surface area contributed by atoms with Crippen molar-refractivity contribution in [3.63, 3.8) is 0 Å². The van der Waals surface area contributed by atoms with Crippen molar-refractivity contribution in [2.24, 2.45) is 0 Å². The van der Waals surface area contributed by atoms with Crippen LogP contribution in [-0.4, -0.2) is 18.1 Å². The Morgan fingerprint density at radius 1 is 1.19 bits per heavy atom. The van der Waals surface area contributed by atoms with Crippen molar-refractivity contribution in [1.82, 2.24) is 16.2 Å². The van der Waals surface area contributed by atoms with Crippen LogP contribution in [0.3, 0.4) is 0 Å². The summed E-state index contributed by atoms with van der Waals surface area (Å²) in [6.45, 7) is 0.554. The third-order valence-corrected chi connectivity index (χ3v) is 4.28. The van der Waals surface area contributed by atoms with Crippen molar-refractivity contribution in [3.8, 4) is 5.75 Å². The fourth-order valence-electron chi connectivity index (χ4n) is 2.35. The molecule has 0 bridgehead atoms. The molecule has 0 aliphatic rings. The molecule has 1 amide bonds. The zero-order valence-electron chi connectivity index (χ0n) is 13.8. The summed E-state index contributed by atoms with van der Waals surface area (Å²) >= 11 is 8.55. The number of carbonyl (C=O) groups excluding carboxylic acids is 1. The van der Waals surface area contributed by atoms with Gasteiger partial charge in [0.15, 0.2) is 22.2 Å². The van der Waals surface area contributed by atoms with Gasteiger partial charge in [-0.2, -0.15) is 0 Å². The maximum absolute atomic E-state index is 12.3. The van der Waals surface area contributed by atoms with Gasteiger partial charge in [-0.25, -0.2) is 0 Å². The van der Waals surface area contributed by atoms with Crippen LogP contribution in [0.4, 0.5) is 0 Å². The van der Waals surface area contributed by atoms with E-state index in [0.717, 1.165) is 15.4 Å². The number of benzene rings is 2. The first-order chi connectivity index (χ1) is 12.6. The van der Waals surface area contributed by atoms with Gasteiger partial charge in [0.1, 0.15) is 0 Å². The molecule has 0 saturated carbocycles. The van der Waals surface area contributed by atoms with Crippen molar-refractivity contribution in [2.45, 2.75) is 6.54 Å². The van der Waals surface area contributed by atoms with Crippen LogP contribution in [0.2, 0.25) is 0 Å². The van der Waals surface area contributed by atoms with Gasteiger partial charge in [0.05, 0.1) is 7.11 Å². The van der Waals surface area contributed by atoms with E-state index in [1.165, 1.54) is 0 Å². The number of hydrogen-bond acceptors (Lipinski definition) is 4. The van der Waals surface area contributed by atoms with Crippen molar-refractivity contribution < 1.29 is 13.9 Å². The highest BCUT2D eigenvalue weighted by Gasteiger charge is 2.16. The molecule has 0 unspecified atom stereocenters. The summed E-state index contributed by atoms with van der Waals surface area (Å²) in [5, 5.41) is 4.07. The van der Waals surface area contributed by atoms with Crippen molar-refractivity contribution in [2.75, 3.05) is 7.11 Å². The molecular formula is C18H16BrN3O3S. The maximum Gasteiger partial charge on any atom is 0.305 e. The second-order valence-corrected chi connectivity index (χ2v) is 6.71. The first-order valence-electron chi connectivity index (χ1n) is 7.72. The number of methoxy groups -OCH3 is 1. The molecule has 3 N–H and O–H groups in total. The van der Waals surface area contributed by atoms with Crippen LogP contribution in [0.5, 0.6) is 5.75 Å². The summed E-state index contributed by atoms with van der Waals surface area (Å²) in [6.07, 6.45) is 0. The molecule has 26 heavy (non-hydrogen) atoms. The number of carbonyl (C=O) groups is 1. The topological polar surface area (TPSA) is 75.5 Å². The van der Waals surface area contributed by atoms with Crippen LogP contribution in [0.25, 0.3) is 11.0 Å². The van der Waals surface area contributed by atoms with Crippen LogP contribution in [0.15, 0.2) is 57.4 Å². The van der Waals surface area contributed by atoms with Gasteiger partial charge in [0.25, 0.3) is 0 Å². The van der Waals surface area contributed by atoms with Gasteiger partial charge in [0, 0.05) is 16.4 Å². The van der Waals surface area contributed by atoms with Crippen LogP contribution in [0, 0.1) is 0 Å². The van der Waals surface area contributed by atoms with E-state index >= 15 is 0 Å². The van der Waals surface area contributed by atoms with Crippen LogP contribution in [0.1, 0.15) is 16.1 Å². The lowest BCUT2D eigenvalue weighted by atomic mass is 10.2. The Balaban J connectivity index is 1.59. The van der Waals surface area contributed by atoms with Gasteiger partial charge in [-0.05, 0) is 36.0 Å². The van der Waals surface area contributed by atoms with Gasteiger partial charge in [-0.1, -0.05) is 46.3 Å². The Kier molecular flexibility index (Phi) is 5.75. The molecule has 0 fully saturated rings. The van der Waals surface area contributed by atoms with Crippen molar-refractivity contribution >= 4 is 50.1 Å². The molecule has 0 atom stereocenters. The third-order valence-electron chi connectivity index (χ3n) is 3.58. The minimum Gasteiger partial charge on any atom is -0.493 e. The molecule has 0 aliphatic carbocycles. The molecular weight excluding hydrogens is 418 g/mol. The second kappa shape index (κ2) is 8.20.